The molecule has 3 N–H and O–H groups in total. The molecular formula is C76H148O17P2. The molecule has 0 aliphatic rings. The normalized spacial score (nSPS) is 13.9. The average molecular weight is 1400 g/mol. The van der Waals surface area contributed by atoms with Crippen LogP contribution in [0.2, 0.25) is 0 Å². The summed E-state index contributed by atoms with van der Waals surface area (Å²) >= 11 is 0. The summed E-state index contributed by atoms with van der Waals surface area (Å²) in [6, 6.07) is 0. The second-order valence-corrected chi connectivity index (χ2v) is 30.8. The fraction of sp³-hybridized carbons (Fsp3) is 0.947. The number of phosphoric ester groups is 2. The Bertz CT molecular complexity index is 1820. The van der Waals surface area contributed by atoms with E-state index in [-0.39, 0.29) is 25.7 Å². The molecule has 564 valence electrons. The molecule has 0 amide bonds. The number of aliphatic hydroxyl groups excluding tert-OH is 1. The van der Waals surface area contributed by atoms with E-state index in [1.54, 1.807) is 0 Å². The maximum Gasteiger partial charge on any atom is 0.472 e. The van der Waals surface area contributed by atoms with E-state index in [1.807, 2.05) is 0 Å². The van der Waals surface area contributed by atoms with E-state index >= 15 is 0 Å². The van der Waals surface area contributed by atoms with Gasteiger partial charge in [-0.2, -0.15) is 0 Å². The van der Waals surface area contributed by atoms with Crippen molar-refractivity contribution in [1.29, 1.82) is 0 Å². The van der Waals surface area contributed by atoms with Crippen molar-refractivity contribution in [3.8, 4) is 0 Å². The summed E-state index contributed by atoms with van der Waals surface area (Å²) in [5.41, 5.74) is 0. The highest BCUT2D eigenvalue weighted by Crippen LogP contribution is 2.45. The minimum Gasteiger partial charge on any atom is -0.462 e. The molecule has 0 saturated heterocycles. The van der Waals surface area contributed by atoms with Crippen molar-refractivity contribution in [2.24, 2.45) is 5.92 Å². The van der Waals surface area contributed by atoms with Crippen LogP contribution in [0.1, 0.15) is 401 Å². The molecule has 5 atom stereocenters. The summed E-state index contributed by atoms with van der Waals surface area (Å²) < 4.78 is 68.4. The molecule has 0 bridgehead atoms. The molecular weight excluding hydrogens is 1250 g/mol. The second-order valence-electron chi connectivity index (χ2n) is 27.9. The first-order chi connectivity index (χ1) is 46.0. The van der Waals surface area contributed by atoms with Crippen molar-refractivity contribution >= 4 is 39.5 Å². The number of rotatable bonds is 76. The predicted molar refractivity (Wildman–Crippen MR) is 386 cm³/mol. The summed E-state index contributed by atoms with van der Waals surface area (Å²) in [4.78, 5) is 72.7. The number of ether oxygens (including phenoxy) is 4. The third-order valence-electron chi connectivity index (χ3n) is 17.8. The quantitative estimate of drug-likeness (QED) is 0.0222. The highest BCUT2D eigenvalue weighted by atomic mass is 31.2. The zero-order valence-electron chi connectivity index (χ0n) is 61.8. The number of carbonyl (C=O) groups is 4. The summed E-state index contributed by atoms with van der Waals surface area (Å²) in [5, 5.41) is 10.6. The van der Waals surface area contributed by atoms with Gasteiger partial charge in [-0.05, 0) is 31.6 Å². The first-order valence-electron chi connectivity index (χ1n) is 39.6. The van der Waals surface area contributed by atoms with Crippen molar-refractivity contribution in [3.63, 3.8) is 0 Å². The van der Waals surface area contributed by atoms with Gasteiger partial charge in [-0.3, -0.25) is 37.3 Å². The van der Waals surface area contributed by atoms with Crippen molar-refractivity contribution in [2.75, 3.05) is 39.6 Å². The highest BCUT2D eigenvalue weighted by Gasteiger charge is 2.30. The predicted octanol–water partition coefficient (Wildman–Crippen LogP) is 22.5. The van der Waals surface area contributed by atoms with Crippen LogP contribution in [0.5, 0.6) is 0 Å². The van der Waals surface area contributed by atoms with E-state index in [1.165, 1.54) is 218 Å². The van der Waals surface area contributed by atoms with E-state index in [2.05, 4.69) is 34.6 Å². The Balaban J connectivity index is 5.17. The fourth-order valence-corrected chi connectivity index (χ4v) is 13.3. The lowest BCUT2D eigenvalue weighted by Gasteiger charge is -2.21. The van der Waals surface area contributed by atoms with E-state index in [0.717, 1.165) is 102 Å². The molecule has 19 heteroatoms. The van der Waals surface area contributed by atoms with Gasteiger partial charge in [0.15, 0.2) is 12.2 Å². The fourth-order valence-electron chi connectivity index (χ4n) is 11.7. The molecule has 0 aliphatic heterocycles. The highest BCUT2D eigenvalue weighted by molar-refractivity contribution is 7.47. The number of hydrogen-bond acceptors (Lipinski definition) is 15. The van der Waals surface area contributed by atoms with Crippen LogP contribution >= 0.6 is 15.6 Å². The molecule has 0 rings (SSSR count). The molecule has 0 spiro atoms. The molecule has 0 saturated carbocycles. The molecule has 0 aliphatic carbocycles. The van der Waals surface area contributed by atoms with Crippen molar-refractivity contribution < 1.29 is 80.2 Å². The summed E-state index contributed by atoms with van der Waals surface area (Å²) in [6.45, 7) is 7.30. The van der Waals surface area contributed by atoms with E-state index in [9.17, 15) is 43.2 Å². The molecule has 0 aromatic rings. The molecule has 2 unspecified atom stereocenters. The van der Waals surface area contributed by atoms with Crippen LogP contribution in [0.15, 0.2) is 0 Å². The number of esters is 4. The first-order valence-corrected chi connectivity index (χ1v) is 42.6. The van der Waals surface area contributed by atoms with Crippen LogP contribution in [-0.2, 0) is 65.4 Å². The monoisotopic (exact) mass is 1400 g/mol. The maximum absolute atomic E-state index is 13.1. The van der Waals surface area contributed by atoms with Crippen LogP contribution in [-0.4, -0.2) is 96.7 Å². The summed E-state index contributed by atoms with van der Waals surface area (Å²) in [5.74, 6) is -1.30. The van der Waals surface area contributed by atoms with Gasteiger partial charge in [0, 0.05) is 25.7 Å². The van der Waals surface area contributed by atoms with Gasteiger partial charge in [-0.15, -0.1) is 0 Å². The van der Waals surface area contributed by atoms with E-state index in [0.29, 0.717) is 25.7 Å². The van der Waals surface area contributed by atoms with Gasteiger partial charge in [-0.25, -0.2) is 9.13 Å². The zero-order chi connectivity index (χ0) is 69.8. The Morgan fingerprint density at radius 3 is 0.716 bits per heavy atom. The summed E-state index contributed by atoms with van der Waals surface area (Å²) in [6.07, 6.45) is 58.3. The lowest BCUT2D eigenvalue weighted by atomic mass is 10.0. The Hall–Kier alpha value is -1.94. The molecule has 0 aromatic carbocycles. The van der Waals surface area contributed by atoms with Gasteiger partial charge in [0.05, 0.1) is 26.4 Å². The molecule has 0 fully saturated rings. The topological polar surface area (TPSA) is 237 Å². The lowest BCUT2D eigenvalue weighted by molar-refractivity contribution is -0.161. The van der Waals surface area contributed by atoms with Gasteiger partial charge >= 0.3 is 39.5 Å². The van der Waals surface area contributed by atoms with Crippen LogP contribution in [0, 0.1) is 5.92 Å². The van der Waals surface area contributed by atoms with Crippen LogP contribution in [0.25, 0.3) is 0 Å². The number of aliphatic hydroxyl groups is 1. The minimum atomic E-state index is -4.96. The van der Waals surface area contributed by atoms with Gasteiger partial charge in [-0.1, -0.05) is 349 Å². The smallest absolute Gasteiger partial charge is 0.462 e. The van der Waals surface area contributed by atoms with Gasteiger partial charge in [0.25, 0.3) is 0 Å². The standard InChI is InChI=1S/C76H148O17P2/c1-6-9-12-15-18-21-23-24-29-33-37-40-45-50-55-60-74(79)87-66-72(93-76(81)62-57-52-47-42-38-34-31-28-26-25-27-30-32-36-39-43-48-53-58-69(4)5)68-91-95(84,85)89-64-70(77)63-88-94(82,83)90-67-71(65-86-73(78)59-54-49-44-20-17-14-11-8-3)92-75(80)61-56-51-46-41-35-22-19-16-13-10-7-2/h69-72,77H,6-68H2,1-5H3,(H,82,83)(H,84,85)/t70-,71+,72+/m0/s1. The largest absolute Gasteiger partial charge is 0.472 e. The van der Waals surface area contributed by atoms with Crippen LogP contribution in [0.4, 0.5) is 0 Å². The first kappa shape index (κ1) is 93.1. The third kappa shape index (κ3) is 70.3. The Morgan fingerprint density at radius 1 is 0.284 bits per heavy atom. The van der Waals surface area contributed by atoms with Crippen molar-refractivity contribution in [2.45, 2.75) is 419 Å². The van der Waals surface area contributed by atoms with Crippen LogP contribution < -0.4 is 0 Å². The van der Waals surface area contributed by atoms with Crippen molar-refractivity contribution in [1.82, 2.24) is 0 Å². The van der Waals surface area contributed by atoms with Gasteiger partial charge in [0.1, 0.15) is 19.3 Å². The Morgan fingerprint density at radius 2 is 0.484 bits per heavy atom. The van der Waals surface area contributed by atoms with Gasteiger partial charge < -0.3 is 33.8 Å². The number of carbonyl (C=O) groups excluding carboxylic acids is 4. The molecule has 0 heterocycles. The van der Waals surface area contributed by atoms with E-state index < -0.39 is 97.5 Å². The Labute approximate surface area is 581 Å². The minimum absolute atomic E-state index is 0.107. The molecule has 95 heavy (non-hydrogen) atoms. The number of phosphoric acid groups is 2. The third-order valence-corrected chi connectivity index (χ3v) is 19.7. The molecule has 0 aromatic heterocycles. The van der Waals surface area contributed by atoms with Gasteiger partial charge in [0.2, 0.25) is 0 Å². The van der Waals surface area contributed by atoms with Crippen LogP contribution in [0.3, 0.4) is 0 Å². The molecule has 17 nitrogen and oxygen atoms in total. The SMILES string of the molecule is CCCCCCCCCCCCCCCCCC(=O)OC[C@H](COP(=O)(O)OC[C@@H](O)COP(=O)(O)OC[C@@H](COC(=O)CCCCCCCCCC)OC(=O)CCCCCCCCCCCCC)OC(=O)CCCCCCCCCCCCCCCCCCCCC(C)C. The van der Waals surface area contributed by atoms with E-state index in [4.69, 9.17) is 37.0 Å². The van der Waals surface area contributed by atoms with Crippen molar-refractivity contribution in [3.05, 3.63) is 0 Å². The average Bonchev–Trinajstić information content (AvgIpc) is 1.34. The number of hydrogen-bond donors (Lipinski definition) is 3. The zero-order valence-corrected chi connectivity index (χ0v) is 63.6. The lowest BCUT2D eigenvalue weighted by Crippen LogP contribution is -2.30. The molecule has 0 radical (unpaired) electrons. The number of unbranched alkanes of at least 4 members (excludes halogenated alkanes) is 48. The summed E-state index contributed by atoms with van der Waals surface area (Å²) in [7, 11) is -9.90. The Kier molecular flexibility index (Phi) is 67.7. The second kappa shape index (κ2) is 69.2. The maximum atomic E-state index is 13.1.